The summed E-state index contributed by atoms with van der Waals surface area (Å²) in [6.45, 7) is 17.0. The molecular formula is C18H30N2. The molecule has 1 fully saturated rings. The van der Waals surface area contributed by atoms with Crippen LogP contribution in [0, 0.1) is 12.3 Å². The molecule has 2 rings (SSSR count). The van der Waals surface area contributed by atoms with E-state index in [9.17, 15) is 0 Å². The lowest BCUT2D eigenvalue weighted by molar-refractivity contribution is 0.0272. The minimum absolute atomic E-state index is 0.200. The normalized spacial score (nSPS) is 23.8. The topological polar surface area (TPSA) is 15.3 Å². The highest BCUT2D eigenvalue weighted by atomic mass is 15.3. The van der Waals surface area contributed by atoms with E-state index in [4.69, 9.17) is 0 Å². The molecule has 0 amide bonds. The molecule has 0 radical (unpaired) electrons. The third-order valence-electron chi connectivity index (χ3n) is 4.28. The van der Waals surface area contributed by atoms with Gasteiger partial charge in [0, 0.05) is 31.2 Å². The van der Waals surface area contributed by atoms with E-state index in [2.05, 4.69) is 76.0 Å². The third kappa shape index (κ3) is 3.83. The van der Waals surface area contributed by atoms with Crippen molar-refractivity contribution in [2.45, 2.75) is 59.7 Å². The van der Waals surface area contributed by atoms with Gasteiger partial charge in [-0.3, -0.25) is 4.90 Å². The smallest absolute Gasteiger partial charge is 0.0273 e. The second-order valence-electron chi connectivity index (χ2n) is 8.04. The summed E-state index contributed by atoms with van der Waals surface area (Å²) >= 11 is 0. The van der Waals surface area contributed by atoms with Crippen molar-refractivity contribution in [3.05, 3.63) is 35.4 Å². The molecule has 0 saturated carbocycles. The van der Waals surface area contributed by atoms with Crippen molar-refractivity contribution in [1.82, 2.24) is 10.2 Å². The van der Waals surface area contributed by atoms with E-state index in [1.165, 1.54) is 11.1 Å². The number of piperazine rings is 1. The van der Waals surface area contributed by atoms with Crippen molar-refractivity contribution in [2.75, 3.05) is 13.1 Å². The second-order valence-corrected chi connectivity index (χ2v) is 8.04. The third-order valence-corrected chi connectivity index (χ3v) is 4.28. The average Bonchev–Trinajstić information content (AvgIpc) is 2.25. The van der Waals surface area contributed by atoms with E-state index < -0.39 is 0 Å². The van der Waals surface area contributed by atoms with Gasteiger partial charge in [0.1, 0.15) is 0 Å². The number of hydrogen-bond acceptors (Lipinski definition) is 2. The molecule has 1 aromatic carbocycles. The van der Waals surface area contributed by atoms with Crippen LogP contribution in [-0.2, 0) is 6.54 Å². The van der Waals surface area contributed by atoms with Gasteiger partial charge >= 0.3 is 0 Å². The molecule has 0 aliphatic carbocycles. The lowest BCUT2D eigenvalue weighted by atomic mass is 9.82. The zero-order valence-electron chi connectivity index (χ0n) is 14.0. The minimum atomic E-state index is 0.200. The van der Waals surface area contributed by atoms with E-state index in [0.717, 1.165) is 19.6 Å². The van der Waals surface area contributed by atoms with Crippen molar-refractivity contribution in [3.63, 3.8) is 0 Å². The van der Waals surface area contributed by atoms with Gasteiger partial charge in [-0.25, -0.2) is 0 Å². The van der Waals surface area contributed by atoms with Gasteiger partial charge in [-0.1, -0.05) is 50.6 Å². The van der Waals surface area contributed by atoms with Crippen LogP contribution in [0.3, 0.4) is 0 Å². The molecule has 1 N–H and O–H groups in total. The largest absolute Gasteiger partial charge is 0.309 e. The Hall–Kier alpha value is -0.860. The first-order valence-electron chi connectivity index (χ1n) is 7.72. The predicted molar refractivity (Wildman–Crippen MR) is 86.9 cm³/mol. The van der Waals surface area contributed by atoms with Crippen LogP contribution in [0.15, 0.2) is 24.3 Å². The Bertz CT molecular complexity index is 457. The van der Waals surface area contributed by atoms with Crippen LogP contribution in [0.25, 0.3) is 0 Å². The van der Waals surface area contributed by atoms with E-state index >= 15 is 0 Å². The van der Waals surface area contributed by atoms with Crippen LogP contribution in [0.5, 0.6) is 0 Å². The standard InChI is InChI=1S/C18H30N2/c1-14-8-7-9-15(10-14)12-20-13-18(5,6)19-11-16(20)17(2,3)4/h7-10,16,19H,11-13H2,1-6H3. The Balaban J connectivity index is 2.19. The fraction of sp³-hybridized carbons (Fsp3) is 0.667. The van der Waals surface area contributed by atoms with Gasteiger partial charge in [0.25, 0.3) is 0 Å². The molecule has 2 heteroatoms. The van der Waals surface area contributed by atoms with Gasteiger partial charge in [-0.2, -0.15) is 0 Å². The number of hydrogen-bond donors (Lipinski definition) is 1. The SMILES string of the molecule is Cc1cccc(CN2CC(C)(C)NCC2C(C)(C)C)c1. The first-order chi connectivity index (χ1) is 9.17. The zero-order chi connectivity index (χ0) is 15.0. The lowest BCUT2D eigenvalue weighted by Crippen LogP contribution is -2.64. The molecular weight excluding hydrogens is 244 g/mol. The van der Waals surface area contributed by atoms with Crippen LogP contribution in [0.1, 0.15) is 45.7 Å². The van der Waals surface area contributed by atoms with Crippen LogP contribution in [-0.4, -0.2) is 29.6 Å². The highest BCUT2D eigenvalue weighted by Gasteiger charge is 2.38. The molecule has 1 aliphatic rings. The molecule has 1 unspecified atom stereocenters. The Kier molecular flexibility index (Phi) is 4.27. The molecule has 0 aromatic heterocycles. The van der Waals surface area contributed by atoms with Crippen molar-refractivity contribution in [1.29, 1.82) is 0 Å². The molecule has 1 heterocycles. The Morgan fingerprint density at radius 1 is 1.30 bits per heavy atom. The number of nitrogens with one attached hydrogen (secondary N) is 1. The average molecular weight is 274 g/mol. The van der Waals surface area contributed by atoms with E-state index in [1.807, 2.05) is 0 Å². The molecule has 1 aromatic rings. The minimum Gasteiger partial charge on any atom is -0.309 e. The first-order valence-corrected chi connectivity index (χ1v) is 7.72. The summed E-state index contributed by atoms with van der Waals surface area (Å²) < 4.78 is 0. The zero-order valence-corrected chi connectivity index (χ0v) is 14.0. The van der Waals surface area contributed by atoms with Crippen molar-refractivity contribution in [3.8, 4) is 0 Å². The first kappa shape index (κ1) is 15.5. The number of benzene rings is 1. The summed E-state index contributed by atoms with van der Waals surface area (Å²) in [6, 6.07) is 9.49. The summed E-state index contributed by atoms with van der Waals surface area (Å²) in [6.07, 6.45) is 0. The fourth-order valence-corrected chi connectivity index (χ4v) is 3.24. The quantitative estimate of drug-likeness (QED) is 0.886. The molecule has 1 aliphatic heterocycles. The van der Waals surface area contributed by atoms with Gasteiger partial charge in [0.15, 0.2) is 0 Å². The van der Waals surface area contributed by atoms with Crippen molar-refractivity contribution >= 4 is 0 Å². The van der Waals surface area contributed by atoms with Crippen LogP contribution in [0.2, 0.25) is 0 Å². The number of aryl methyl sites for hydroxylation is 1. The van der Waals surface area contributed by atoms with Gasteiger partial charge in [-0.05, 0) is 31.7 Å². The Morgan fingerprint density at radius 3 is 2.60 bits per heavy atom. The number of nitrogens with zero attached hydrogens (tertiary/aromatic N) is 1. The van der Waals surface area contributed by atoms with E-state index in [1.54, 1.807) is 0 Å². The van der Waals surface area contributed by atoms with Crippen molar-refractivity contribution in [2.24, 2.45) is 5.41 Å². The maximum atomic E-state index is 3.70. The van der Waals surface area contributed by atoms with Gasteiger partial charge in [0.2, 0.25) is 0 Å². The molecule has 0 bridgehead atoms. The summed E-state index contributed by atoms with van der Waals surface area (Å²) in [4.78, 5) is 2.66. The highest BCUT2D eigenvalue weighted by Crippen LogP contribution is 2.30. The van der Waals surface area contributed by atoms with E-state index in [0.29, 0.717) is 11.5 Å². The molecule has 20 heavy (non-hydrogen) atoms. The Labute approximate surface area is 124 Å². The van der Waals surface area contributed by atoms with Crippen LogP contribution in [0.4, 0.5) is 0 Å². The molecule has 1 saturated heterocycles. The maximum absolute atomic E-state index is 3.70. The van der Waals surface area contributed by atoms with Gasteiger partial charge in [0.05, 0.1) is 0 Å². The van der Waals surface area contributed by atoms with Gasteiger partial charge in [-0.15, -0.1) is 0 Å². The predicted octanol–water partition coefficient (Wildman–Crippen LogP) is 3.59. The Morgan fingerprint density at radius 2 is 2.00 bits per heavy atom. The molecule has 0 spiro atoms. The molecule has 1 atom stereocenters. The monoisotopic (exact) mass is 274 g/mol. The second kappa shape index (κ2) is 5.50. The summed E-state index contributed by atoms with van der Waals surface area (Å²) in [5.41, 5.74) is 3.28. The lowest BCUT2D eigenvalue weighted by Gasteiger charge is -2.49. The molecule has 112 valence electrons. The highest BCUT2D eigenvalue weighted by molar-refractivity contribution is 5.22. The van der Waals surface area contributed by atoms with Crippen molar-refractivity contribution < 1.29 is 0 Å². The van der Waals surface area contributed by atoms with E-state index in [-0.39, 0.29) is 5.54 Å². The van der Waals surface area contributed by atoms with Crippen LogP contribution >= 0.6 is 0 Å². The summed E-state index contributed by atoms with van der Waals surface area (Å²) in [7, 11) is 0. The summed E-state index contributed by atoms with van der Waals surface area (Å²) in [5.74, 6) is 0. The van der Waals surface area contributed by atoms with Gasteiger partial charge < -0.3 is 5.32 Å². The van der Waals surface area contributed by atoms with Crippen LogP contribution < -0.4 is 5.32 Å². The fourth-order valence-electron chi connectivity index (χ4n) is 3.24. The number of rotatable bonds is 2. The molecule has 2 nitrogen and oxygen atoms in total. The summed E-state index contributed by atoms with van der Waals surface area (Å²) in [5, 5.41) is 3.70. The maximum Gasteiger partial charge on any atom is 0.0273 e.